The zero-order valence-electron chi connectivity index (χ0n) is 3.75. The average molecular weight is 141 g/mol. The zero-order valence-corrected chi connectivity index (χ0v) is 4.57. The van der Waals surface area contributed by atoms with Gasteiger partial charge in [0.15, 0.2) is 0 Å². The molecule has 0 atom stereocenters. The van der Waals surface area contributed by atoms with E-state index in [0.29, 0.717) is 0 Å². The highest BCUT2D eigenvalue weighted by atomic mass is 35.5. The summed E-state index contributed by atoms with van der Waals surface area (Å²) in [5, 5.41) is 9.03. The maximum atomic E-state index is 9.54. The number of carboxylic acid groups (broad SMARTS) is 1. The molecule has 0 aromatic carbocycles. The molecule has 0 unspecified atom stereocenters. The lowest BCUT2D eigenvalue weighted by Gasteiger charge is -1.86. The van der Waals surface area contributed by atoms with Crippen LogP contribution < -0.4 is 11.1 Å². The smallest absolute Gasteiger partial charge is 0.412 e. The fraction of sp³-hybridized carbons (Fsp3) is 0. The summed E-state index contributed by atoms with van der Waals surface area (Å²) in [6, 6.07) is -1.06. The van der Waals surface area contributed by atoms with Crippen molar-refractivity contribution in [2.45, 2.75) is 0 Å². The molecule has 0 rings (SSSR count). The number of primary amides is 1. The third kappa shape index (κ3) is 8.90. The van der Waals surface area contributed by atoms with Crippen molar-refractivity contribution in [2.75, 3.05) is 0 Å². The monoisotopic (exact) mass is 140 g/mol. The van der Waals surface area contributed by atoms with Gasteiger partial charge in [0.2, 0.25) is 0 Å². The molecule has 0 fully saturated rings. The van der Waals surface area contributed by atoms with Gasteiger partial charge in [0.1, 0.15) is 0 Å². The van der Waals surface area contributed by atoms with Crippen LogP contribution in [0.25, 0.3) is 0 Å². The topological polar surface area (TPSA) is 92.4 Å². The molecule has 0 spiro atoms. The number of hydrogen-bond acceptors (Lipinski definition) is 2. The van der Waals surface area contributed by atoms with E-state index in [1.165, 1.54) is 5.32 Å². The molecule has 4 N–H and O–H groups in total. The van der Waals surface area contributed by atoms with E-state index in [2.05, 4.69) is 5.73 Å². The number of urea groups is 1. The molecule has 0 aliphatic rings. The zero-order chi connectivity index (χ0) is 5.86. The van der Waals surface area contributed by atoms with Crippen LogP contribution in [0.15, 0.2) is 0 Å². The van der Waals surface area contributed by atoms with Crippen molar-refractivity contribution in [3.8, 4) is 0 Å². The molecule has 0 aliphatic carbocycles. The first kappa shape index (κ1) is 10.1. The molecule has 0 radical (unpaired) electrons. The fourth-order valence-electron chi connectivity index (χ4n) is 0.105. The number of carbonyl (C=O) groups is 2. The van der Waals surface area contributed by atoms with Gasteiger partial charge in [-0.1, -0.05) is 0 Å². The minimum absolute atomic E-state index is 0. The van der Waals surface area contributed by atoms with E-state index in [-0.39, 0.29) is 12.4 Å². The van der Waals surface area contributed by atoms with E-state index < -0.39 is 12.1 Å². The van der Waals surface area contributed by atoms with E-state index in [1.807, 2.05) is 0 Å². The predicted octanol–water partition coefficient (Wildman–Crippen LogP) is -0.245. The minimum Gasteiger partial charge on any atom is -0.465 e. The van der Waals surface area contributed by atoms with Gasteiger partial charge in [-0.3, -0.25) is 0 Å². The average Bonchev–Trinajstić information content (AvgIpc) is 1.27. The summed E-state index contributed by atoms with van der Waals surface area (Å²) >= 11 is 0. The number of hydrogen-bond donors (Lipinski definition) is 3. The van der Waals surface area contributed by atoms with E-state index in [4.69, 9.17) is 5.11 Å². The number of nitrogens with two attached hydrogens (primary N) is 1. The maximum absolute atomic E-state index is 9.54. The highest BCUT2D eigenvalue weighted by Gasteiger charge is 1.94. The summed E-state index contributed by atoms with van der Waals surface area (Å²) in [6.07, 6.45) is -1.44. The van der Waals surface area contributed by atoms with E-state index in [0.717, 1.165) is 0 Å². The van der Waals surface area contributed by atoms with Gasteiger partial charge in [0, 0.05) is 0 Å². The summed E-state index contributed by atoms with van der Waals surface area (Å²) < 4.78 is 0. The fourth-order valence-corrected chi connectivity index (χ4v) is 0.105. The van der Waals surface area contributed by atoms with Crippen LogP contribution in [-0.2, 0) is 0 Å². The Hall–Kier alpha value is -0.970. The third-order valence-corrected chi connectivity index (χ3v) is 0.230. The van der Waals surface area contributed by atoms with Gasteiger partial charge in [0.05, 0.1) is 0 Å². The molecule has 3 amide bonds. The molecule has 48 valence electrons. The normalized spacial score (nSPS) is 6.50. The quantitative estimate of drug-likeness (QED) is 0.433. The Bertz CT molecular complexity index is 91.5. The van der Waals surface area contributed by atoms with Gasteiger partial charge in [-0.05, 0) is 0 Å². The number of rotatable bonds is 0. The minimum atomic E-state index is -1.44. The van der Waals surface area contributed by atoms with Crippen LogP contribution in [0.1, 0.15) is 0 Å². The van der Waals surface area contributed by atoms with Gasteiger partial charge in [-0.15, -0.1) is 12.4 Å². The lowest BCUT2D eigenvalue weighted by atomic mass is 11.0. The van der Waals surface area contributed by atoms with Crippen molar-refractivity contribution in [1.82, 2.24) is 5.32 Å². The third-order valence-electron chi connectivity index (χ3n) is 0.230. The molecule has 0 bridgehead atoms. The van der Waals surface area contributed by atoms with Crippen molar-refractivity contribution < 1.29 is 14.7 Å². The van der Waals surface area contributed by atoms with Gasteiger partial charge < -0.3 is 10.8 Å². The molecule has 0 heterocycles. The molecule has 0 saturated heterocycles. The Morgan fingerprint density at radius 2 is 1.88 bits per heavy atom. The molecule has 0 saturated carbocycles. The molecule has 0 aliphatic heterocycles. The number of imide groups is 1. The molecule has 0 aromatic rings. The molecular formula is C2H5ClN2O3. The molecule has 6 heteroatoms. The summed E-state index contributed by atoms with van der Waals surface area (Å²) in [7, 11) is 0. The largest absolute Gasteiger partial charge is 0.465 e. The van der Waals surface area contributed by atoms with E-state index >= 15 is 0 Å². The highest BCUT2D eigenvalue weighted by molar-refractivity contribution is 5.88. The first-order valence-electron chi connectivity index (χ1n) is 1.42. The Kier molecular flexibility index (Phi) is 5.30. The Labute approximate surface area is 51.3 Å². The standard InChI is InChI=1S/C2H4N2O3.ClH/c3-1(5)4-2(6)7;/h(H,6,7)(H3,3,4,5);1H. The van der Waals surface area contributed by atoms with Gasteiger partial charge in [-0.25, -0.2) is 14.9 Å². The molecule has 0 aromatic heterocycles. The van der Waals surface area contributed by atoms with Crippen molar-refractivity contribution in [3.05, 3.63) is 0 Å². The second kappa shape index (κ2) is 4.20. The number of nitrogens with one attached hydrogen (secondary N) is 1. The second-order valence-electron chi connectivity index (χ2n) is 0.794. The second-order valence-corrected chi connectivity index (χ2v) is 0.794. The number of halogens is 1. The van der Waals surface area contributed by atoms with Crippen LogP contribution in [0.4, 0.5) is 9.59 Å². The van der Waals surface area contributed by atoms with Crippen molar-refractivity contribution in [1.29, 1.82) is 0 Å². The number of amides is 3. The lowest BCUT2D eigenvalue weighted by Crippen LogP contribution is -2.33. The van der Waals surface area contributed by atoms with E-state index in [1.54, 1.807) is 0 Å². The van der Waals surface area contributed by atoms with Gasteiger partial charge in [-0.2, -0.15) is 0 Å². The summed E-state index contributed by atoms with van der Waals surface area (Å²) in [5.74, 6) is 0. The van der Waals surface area contributed by atoms with Gasteiger partial charge in [0.25, 0.3) is 0 Å². The first-order chi connectivity index (χ1) is 3.13. The molecule has 5 nitrogen and oxygen atoms in total. The van der Waals surface area contributed by atoms with Crippen molar-refractivity contribution in [3.63, 3.8) is 0 Å². The predicted molar refractivity (Wildman–Crippen MR) is 28.0 cm³/mol. The molecule has 8 heavy (non-hydrogen) atoms. The summed E-state index contributed by atoms with van der Waals surface area (Å²) in [4.78, 5) is 18.9. The van der Waals surface area contributed by atoms with Crippen molar-refractivity contribution in [2.24, 2.45) is 5.73 Å². The highest BCUT2D eigenvalue weighted by Crippen LogP contribution is 1.55. The first-order valence-corrected chi connectivity index (χ1v) is 1.42. The van der Waals surface area contributed by atoms with Crippen molar-refractivity contribution >= 4 is 24.5 Å². The number of carbonyl (C=O) groups excluding carboxylic acids is 1. The summed E-state index contributed by atoms with van der Waals surface area (Å²) in [5.41, 5.74) is 4.36. The van der Waals surface area contributed by atoms with Crippen LogP contribution in [0.5, 0.6) is 0 Å². The van der Waals surface area contributed by atoms with E-state index in [9.17, 15) is 9.59 Å². The Balaban J connectivity index is 0. The Morgan fingerprint density at radius 3 is 1.88 bits per heavy atom. The Morgan fingerprint density at radius 1 is 1.50 bits per heavy atom. The maximum Gasteiger partial charge on any atom is 0.412 e. The SMILES string of the molecule is Cl.NC(=O)NC(=O)O. The molecular weight excluding hydrogens is 135 g/mol. The van der Waals surface area contributed by atoms with Crippen LogP contribution in [0.3, 0.4) is 0 Å². The van der Waals surface area contributed by atoms with Crippen LogP contribution in [-0.4, -0.2) is 17.2 Å². The van der Waals surface area contributed by atoms with Gasteiger partial charge >= 0.3 is 12.1 Å². The van der Waals surface area contributed by atoms with Crippen LogP contribution in [0.2, 0.25) is 0 Å². The van der Waals surface area contributed by atoms with Crippen LogP contribution >= 0.6 is 12.4 Å². The summed E-state index contributed by atoms with van der Waals surface area (Å²) in [6.45, 7) is 0. The lowest BCUT2D eigenvalue weighted by molar-refractivity contribution is 0.193. The van der Waals surface area contributed by atoms with Crippen LogP contribution in [0, 0.1) is 0 Å².